The maximum Gasteiger partial charge on any atom is 0.321 e. The number of nitrogens with two attached hydrogens (primary N) is 1. The summed E-state index contributed by atoms with van der Waals surface area (Å²) >= 11 is 0. The highest BCUT2D eigenvalue weighted by atomic mass is 16.2. The fourth-order valence-corrected chi connectivity index (χ4v) is 1.55. The summed E-state index contributed by atoms with van der Waals surface area (Å²) in [7, 11) is 1.67. The van der Waals surface area contributed by atoms with Crippen LogP contribution in [0.5, 0.6) is 0 Å². The second kappa shape index (κ2) is 6.76. The number of carbonyl (C=O) groups is 1. The second-order valence-electron chi connectivity index (χ2n) is 4.66. The quantitative estimate of drug-likeness (QED) is 0.872. The molecule has 5 nitrogen and oxygen atoms in total. The number of nitrogens with one attached hydrogen (secondary N) is 1. The first kappa shape index (κ1) is 15.0. The van der Waals surface area contributed by atoms with Gasteiger partial charge in [-0.05, 0) is 31.5 Å². The van der Waals surface area contributed by atoms with E-state index in [-0.39, 0.29) is 18.1 Å². The Balaban J connectivity index is 2.64. The second-order valence-corrected chi connectivity index (χ2v) is 4.66. The van der Waals surface area contributed by atoms with E-state index in [1.54, 1.807) is 7.05 Å². The number of rotatable bonds is 4. The van der Waals surface area contributed by atoms with E-state index in [1.165, 1.54) is 4.90 Å². The van der Waals surface area contributed by atoms with Gasteiger partial charge in [-0.15, -0.1) is 0 Å². The van der Waals surface area contributed by atoms with E-state index in [0.29, 0.717) is 12.1 Å². The number of benzene rings is 1. The van der Waals surface area contributed by atoms with Crippen molar-refractivity contribution in [3.05, 3.63) is 29.8 Å². The third-order valence-electron chi connectivity index (χ3n) is 3.06. The minimum Gasteiger partial charge on any atom is -0.324 e. The third kappa shape index (κ3) is 4.27. The smallest absolute Gasteiger partial charge is 0.321 e. The molecule has 0 saturated carbocycles. The van der Waals surface area contributed by atoms with Gasteiger partial charge < -0.3 is 16.0 Å². The summed E-state index contributed by atoms with van der Waals surface area (Å²) < 4.78 is 0. The Labute approximate surface area is 114 Å². The van der Waals surface area contributed by atoms with Crippen molar-refractivity contribution in [2.24, 2.45) is 5.73 Å². The largest absolute Gasteiger partial charge is 0.324 e. The van der Waals surface area contributed by atoms with Gasteiger partial charge in [-0.3, -0.25) is 0 Å². The van der Waals surface area contributed by atoms with Crippen molar-refractivity contribution in [3.63, 3.8) is 0 Å². The topological polar surface area (TPSA) is 82.2 Å². The molecule has 0 aliphatic heterocycles. The van der Waals surface area contributed by atoms with Crippen molar-refractivity contribution in [2.75, 3.05) is 12.4 Å². The Morgan fingerprint density at radius 2 is 2.00 bits per heavy atom. The van der Waals surface area contributed by atoms with E-state index in [2.05, 4.69) is 11.4 Å². The zero-order valence-electron chi connectivity index (χ0n) is 11.6. The van der Waals surface area contributed by atoms with Crippen molar-refractivity contribution in [3.8, 4) is 6.07 Å². The molecule has 0 bridgehead atoms. The standard InChI is InChI=1S/C14H20N4O/c1-10(8-9-15)18(3)14(19)17-13-6-4-12(5-7-13)11(2)16/h4-7,10-11H,8,16H2,1-3H3,(H,17,19). The zero-order valence-corrected chi connectivity index (χ0v) is 11.6. The van der Waals surface area contributed by atoms with Crippen LogP contribution in [0.25, 0.3) is 0 Å². The Bertz CT molecular complexity index is 461. The Kier molecular flexibility index (Phi) is 5.34. The van der Waals surface area contributed by atoms with Crippen molar-refractivity contribution >= 4 is 11.7 Å². The molecule has 1 rings (SSSR count). The van der Waals surface area contributed by atoms with Gasteiger partial charge in [-0.1, -0.05) is 12.1 Å². The van der Waals surface area contributed by atoms with Crippen LogP contribution in [-0.4, -0.2) is 24.0 Å². The lowest BCUT2D eigenvalue weighted by molar-refractivity contribution is 0.208. The van der Waals surface area contributed by atoms with Crippen LogP contribution in [0.1, 0.15) is 31.9 Å². The Morgan fingerprint density at radius 3 is 2.47 bits per heavy atom. The molecule has 5 heteroatoms. The molecule has 2 unspecified atom stereocenters. The number of nitriles is 1. The molecule has 0 fully saturated rings. The van der Waals surface area contributed by atoms with Gasteiger partial charge in [0.15, 0.2) is 0 Å². The molecule has 102 valence electrons. The van der Waals surface area contributed by atoms with Gasteiger partial charge in [0.05, 0.1) is 12.5 Å². The average molecular weight is 260 g/mol. The number of hydrogen-bond donors (Lipinski definition) is 2. The normalized spacial score (nSPS) is 13.2. The number of amides is 2. The van der Waals surface area contributed by atoms with Gasteiger partial charge in [0, 0.05) is 24.8 Å². The van der Waals surface area contributed by atoms with Gasteiger partial charge in [-0.25, -0.2) is 4.79 Å². The van der Waals surface area contributed by atoms with Gasteiger partial charge in [-0.2, -0.15) is 5.26 Å². The molecule has 2 atom stereocenters. The molecule has 1 aromatic carbocycles. The molecule has 0 spiro atoms. The Hall–Kier alpha value is -2.06. The lowest BCUT2D eigenvalue weighted by Crippen LogP contribution is -2.38. The van der Waals surface area contributed by atoms with E-state index >= 15 is 0 Å². The molecular formula is C14H20N4O. The fraction of sp³-hybridized carbons (Fsp3) is 0.429. The lowest BCUT2D eigenvalue weighted by atomic mass is 10.1. The zero-order chi connectivity index (χ0) is 14.4. The summed E-state index contributed by atoms with van der Waals surface area (Å²) in [6.45, 7) is 3.74. The summed E-state index contributed by atoms with van der Waals surface area (Å²) in [6, 6.07) is 9.10. The lowest BCUT2D eigenvalue weighted by Gasteiger charge is -2.23. The van der Waals surface area contributed by atoms with Gasteiger partial charge >= 0.3 is 6.03 Å². The summed E-state index contributed by atoms with van der Waals surface area (Å²) in [5.41, 5.74) is 7.49. The van der Waals surface area contributed by atoms with E-state index in [9.17, 15) is 4.79 Å². The average Bonchev–Trinajstić information content (AvgIpc) is 2.38. The van der Waals surface area contributed by atoms with Crippen LogP contribution in [-0.2, 0) is 0 Å². The Morgan fingerprint density at radius 1 is 1.42 bits per heavy atom. The summed E-state index contributed by atoms with van der Waals surface area (Å²) in [5, 5.41) is 11.4. The van der Waals surface area contributed by atoms with Crippen LogP contribution in [0.2, 0.25) is 0 Å². The first-order valence-electron chi connectivity index (χ1n) is 6.22. The maximum absolute atomic E-state index is 11.9. The van der Waals surface area contributed by atoms with Gasteiger partial charge in [0.2, 0.25) is 0 Å². The summed E-state index contributed by atoms with van der Waals surface area (Å²) in [5.74, 6) is 0. The number of hydrogen-bond acceptors (Lipinski definition) is 3. The fourth-order valence-electron chi connectivity index (χ4n) is 1.55. The molecular weight excluding hydrogens is 240 g/mol. The van der Waals surface area contributed by atoms with Crippen molar-refractivity contribution < 1.29 is 4.79 Å². The minimum absolute atomic E-state index is 0.0249. The molecule has 2 amide bonds. The van der Waals surface area contributed by atoms with Gasteiger partial charge in [0.25, 0.3) is 0 Å². The van der Waals surface area contributed by atoms with Crippen LogP contribution in [0.4, 0.5) is 10.5 Å². The number of anilines is 1. The molecule has 0 saturated heterocycles. The highest BCUT2D eigenvalue weighted by molar-refractivity contribution is 5.89. The van der Waals surface area contributed by atoms with Gasteiger partial charge in [0.1, 0.15) is 0 Å². The van der Waals surface area contributed by atoms with E-state index in [4.69, 9.17) is 11.0 Å². The van der Waals surface area contributed by atoms with E-state index in [1.807, 2.05) is 38.1 Å². The third-order valence-corrected chi connectivity index (χ3v) is 3.06. The van der Waals surface area contributed by atoms with Crippen LogP contribution >= 0.6 is 0 Å². The predicted octanol–water partition coefficient (Wildman–Crippen LogP) is 2.47. The van der Waals surface area contributed by atoms with E-state index in [0.717, 1.165) is 5.56 Å². The van der Waals surface area contributed by atoms with Crippen LogP contribution in [0.15, 0.2) is 24.3 Å². The van der Waals surface area contributed by atoms with Crippen molar-refractivity contribution in [2.45, 2.75) is 32.4 Å². The maximum atomic E-state index is 11.9. The summed E-state index contributed by atoms with van der Waals surface area (Å²) in [4.78, 5) is 13.4. The van der Waals surface area contributed by atoms with Crippen molar-refractivity contribution in [1.82, 2.24) is 4.90 Å². The molecule has 0 aliphatic carbocycles. The highest BCUT2D eigenvalue weighted by Gasteiger charge is 2.15. The van der Waals surface area contributed by atoms with Crippen LogP contribution < -0.4 is 11.1 Å². The molecule has 0 aromatic heterocycles. The monoisotopic (exact) mass is 260 g/mol. The first-order chi connectivity index (χ1) is 8.95. The number of urea groups is 1. The van der Waals surface area contributed by atoms with Crippen LogP contribution in [0, 0.1) is 11.3 Å². The first-order valence-corrected chi connectivity index (χ1v) is 6.22. The van der Waals surface area contributed by atoms with E-state index < -0.39 is 0 Å². The van der Waals surface area contributed by atoms with Crippen LogP contribution in [0.3, 0.4) is 0 Å². The SMILES string of the molecule is CC(N)c1ccc(NC(=O)N(C)C(C)CC#N)cc1. The number of nitrogens with zero attached hydrogens (tertiary/aromatic N) is 2. The molecule has 19 heavy (non-hydrogen) atoms. The summed E-state index contributed by atoms with van der Waals surface area (Å²) in [6.07, 6.45) is 0.313. The molecule has 3 N–H and O–H groups in total. The van der Waals surface area contributed by atoms with Crippen molar-refractivity contribution in [1.29, 1.82) is 5.26 Å². The number of carbonyl (C=O) groups excluding carboxylic acids is 1. The highest BCUT2D eigenvalue weighted by Crippen LogP contribution is 2.15. The molecule has 0 radical (unpaired) electrons. The molecule has 1 aromatic rings. The predicted molar refractivity (Wildman–Crippen MR) is 75.5 cm³/mol. The minimum atomic E-state index is -0.226. The molecule has 0 aliphatic rings. The molecule has 0 heterocycles.